The highest BCUT2D eigenvalue weighted by atomic mass is 19.1. The Morgan fingerprint density at radius 2 is 2.12 bits per heavy atom. The van der Waals surface area contributed by atoms with Crippen LogP contribution in [0.3, 0.4) is 0 Å². The number of amides is 2. The zero-order valence-corrected chi connectivity index (χ0v) is 19.9. The summed E-state index contributed by atoms with van der Waals surface area (Å²) in [5.41, 5.74) is 3.52. The van der Waals surface area contributed by atoms with E-state index in [0.717, 1.165) is 35.4 Å². The molecular formula is C25H33FN4O3. The topological polar surface area (TPSA) is 76.5 Å². The second kappa shape index (κ2) is 9.15. The number of rotatable bonds is 9. The predicted molar refractivity (Wildman–Crippen MR) is 122 cm³/mol. The van der Waals surface area contributed by atoms with Gasteiger partial charge in [0.25, 0.3) is 0 Å². The Hall–Kier alpha value is -2.90. The number of aromatic nitrogens is 2. The van der Waals surface area contributed by atoms with Crippen LogP contribution in [0.15, 0.2) is 18.2 Å². The van der Waals surface area contributed by atoms with Gasteiger partial charge in [0.1, 0.15) is 0 Å². The molecule has 8 heteroatoms. The smallest absolute Gasteiger partial charge is 0.223 e. The van der Waals surface area contributed by atoms with Gasteiger partial charge in [0.2, 0.25) is 11.8 Å². The first-order valence-electron chi connectivity index (χ1n) is 11.6. The Bertz CT molecular complexity index is 1060. The number of methoxy groups -OCH3 is 1. The molecule has 1 aromatic heterocycles. The van der Waals surface area contributed by atoms with Crippen molar-refractivity contribution >= 4 is 11.8 Å². The van der Waals surface area contributed by atoms with Crippen LogP contribution in [0.25, 0.3) is 0 Å². The monoisotopic (exact) mass is 456 g/mol. The van der Waals surface area contributed by atoms with E-state index in [0.29, 0.717) is 38.6 Å². The van der Waals surface area contributed by atoms with Crippen LogP contribution in [0, 0.1) is 19.7 Å². The largest absolute Gasteiger partial charge is 0.494 e. The van der Waals surface area contributed by atoms with Crippen LogP contribution in [-0.2, 0) is 29.6 Å². The minimum absolute atomic E-state index is 0.00261. The summed E-state index contributed by atoms with van der Waals surface area (Å²) in [4.78, 5) is 27.5. The summed E-state index contributed by atoms with van der Waals surface area (Å²) in [5.74, 6) is -0.123. The lowest BCUT2D eigenvalue weighted by atomic mass is 9.84. The summed E-state index contributed by atoms with van der Waals surface area (Å²) < 4.78 is 20.8. The molecule has 1 aromatic carbocycles. The van der Waals surface area contributed by atoms with Crippen LogP contribution in [0.2, 0.25) is 0 Å². The van der Waals surface area contributed by atoms with Gasteiger partial charge in [-0.3, -0.25) is 14.3 Å². The third kappa shape index (κ3) is 5.04. The molecule has 0 bridgehead atoms. The molecule has 7 nitrogen and oxygen atoms in total. The van der Waals surface area contributed by atoms with Gasteiger partial charge in [-0.25, -0.2) is 4.39 Å². The zero-order chi connectivity index (χ0) is 23.8. The molecule has 1 atom stereocenters. The molecule has 1 saturated carbocycles. The van der Waals surface area contributed by atoms with Gasteiger partial charge in [0.05, 0.1) is 12.8 Å². The van der Waals surface area contributed by atoms with Crippen molar-refractivity contribution in [1.82, 2.24) is 20.0 Å². The van der Waals surface area contributed by atoms with Gasteiger partial charge in [0.15, 0.2) is 11.6 Å². The van der Waals surface area contributed by atoms with Crippen LogP contribution in [0.4, 0.5) is 4.39 Å². The SMILES string of the molecule is COc1cc(C[C@]2(CCC(=O)N(Cc3c(C)nn(C)c3C)C3CC3)CCC(=O)N2)ccc1F. The second-order valence-corrected chi connectivity index (χ2v) is 9.50. The number of carbonyl (C=O) groups excluding carboxylic acids is 2. The fourth-order valence-corrected chi connectivity index (χ4v) is 4.90. The van der Waals surface area contributed by atoms with Gasteiger partial charge in [-0.05, 0) is 63.6 Å². The molecule has 4 rings (SSSR count). The van der Waals surface area contributed by atoms with E-state index in [2.05, 4.69) is 10.4 Å². The van der Waals surface area contributed by atoms with E-state index >= 15 is 0 Å². The first-order chi connectivity index (χ1) is 15.7. The van der Waals surface area contributed by atoms with Crippen molar-refractivity contribution in [2.75, 3.05) is 7.11 Å². The standard InChI is InChI=1S/C25H33FN4O3/c1-16-20(17(2)29(3)28-16)15-30(19-6-7-19)24(32)10-12-25(11-9-23(31)27-25)14-18-5-8-21(26)22(13-18)33-4/h5,8,13,19H,6-7,9-12,14-15H2,1-4H3,(H,27,31)/t25-/m1/s1. The highest BCUT2D eigenvalue weighted by Gasteiger charge is 2.40. The number of aryl methyl sites for hydroxylation is 2. The average Bonchev–Trinajstić information content (AvgIpc) is 3.51. The first-order valence-corrected chi connectivity index (χ1v) is 11.6. The molecule has 1 N–H and O–H groups in total. The van der Waals surface area contributed by atoms with Crippen molar-refractivity contribution < 1.29 is 18.7 Å². The van der Waals surface area contributed by atoms with E-state index in [-0.39, 0.29) is 23.6 Å². The van der Waals surface area contributed by atoms with Crippen LogP contribution in [-0.4, -0.2) is 45.2 Å². The molecule has 178 valence electrons. The number of nitrogens with zero attached hydrogens (tertiary/aromatic N) is 3. The zero-order valence-electron chi connectivity index (χ0n) is 19.9. The lowest BCUT2D eigenvalue weighted by Crippen LogP contribution is -2.45. The Morgan fingerprint density at radius 1 is 1.36 bits per heavy atom. The molecular weight excluding hydrogens is 423 g/mol. The van der Waals surface area contributed by atoms with Gasteiger partial charge in [-0.1, -0.05) is 6.07 Å². The van der Waals surface area contributed by atoms with Crippen molar-refractivity contribution in [2.45, 2.75) is 76.9 Å². The Morgan fingerprint density at radius 3 is 2.70 bits per heavy atom. The third-order valence-electron chi connectivity index (χ3n) is 7.11. The van der Waals surface area contributed by atoms with E-state index in [9.17, 15) is 14.0 Å². The van der Waals surface area contributed by atoms with Crippen molar-refractivity contribution in [3.8, 4) is 5.75 Å². The number of hydrogen-bond acceptors (Lipinski definition) is 4. The van der Waals surface area contributed by atoms with Crippen LogP contribution < -0.4 is 10.1 Å². The first kappa shape index (κ1) is 23.3. The Balaban J connectivity index is 1.48. The van der Waals surface area contributed by atoms with Gasteiger partial charge < -0.3 is 15.0 Å². The van der Waals surface area contributed by atoms with Crippen LogP contribution in [0.1, 0.15) is 61.0 Å². The minimum atomic E-state index is -0.509. The van der Waals surface area contributed by atoms with Gasteiger partial charge in [-0.2, -0.15) is 5.10 Å². The average molecular weight is 457 g/mol. The number of carbonyl (C=O) groups is 2. The molecule has 0 spiro atoms. The van der Waals surface area contributed by atoms with Gasteiger partial charge in [0, 0.05) is 49.3 Å². The van der Waals surface area contributed by atoms with Crippen LogP contribution >= 0.6 is 0 Å². The van der Waals surface area contributed by atoms with Crippen molar-refractivity contribution in [1.29, 1.82) is 0 Å². The summed E-state index contributed by atoms with van der Waals surface area (Å²) in [6, 6.07) is 5.06. The lowest BCUT2D eigenvalue weighted by Gasteiger charge is -2.31. The number of ether oxygens (including phenoxy) is 1. The van der Waals surface area contributed by atoms with E-state index < -0.39 is 11.4 Å². The summed E-state index contributed by atoms with van der Waals surface area (Å²) in [6.07, 6.45) is 4.59. The van der Waals surface area contributed by atoms with Crippen molar-refractivity contribution in [2.24, 2.45) is 7.05 Å². The Kier molecular flexibility index (Phi) is 6.45. The molecule has 1 saturated heterocycles. The van der Waals surface area contributed by atoms with Crippen molar-refractivity contribution in [3.63, 3.8) is 0 Å². The summed E-state index contributed by atoms with van der Waals surface area (Å²) >= 11 is 0. The quantitative estimate of drug-likeness (QED) is 0.628. The lowest BCUT2D eigenvalue weighted by molar-refractivity contribution is -0.133. The third-order valence-corrected chi connectivity index (χ3v) is 7.11. The minimum Gasteiger partial charge on any atom is -0.494 e. The van der Waals surface area contributed by atoms with Crippen molar-refractivity contribution in [3.05, 3.63) is 46.5 Å². The number of halogens is 1. The van der Waals surface area contributed by atoms with E-state index in [1.54, 1.807) is 12.1 Å². The molecule has 2 aliphatic rings. The second-order valence-electron chi connectivity index (χ2n) is 9.50. The molecule has 2 heterocycles. The maximum atomic E-state index is 13.9. The van der Waals surface area contributed by atoms with E-state index in [1.807, 2.05) is 30.5 Å². The molecule has 0 unspecified atom stereocenters. The number of nitrogens with one attached hydrogen (secondary N) is 1. The Labute approximate surface area is 194 Å². The maximum Gasteiger partial charge on any atom is 0.223 e. The molecule has 1 aliphatic heterocycles. The maximum absolute atomic E-state index is 13.9. The van der Waals surface area contributed by atoms with Gasteiger partial charge in [-0.15, -0.1) is 0 Å². The summed E-state index contributed by atoms with van der Waals surface area (Å²) in [6.45, 7) is 4.59. The molecule has 33 heavy (non-hydrogen) atoms. The molecule has 2 fully saturated rings. The molecule has 2 aromatic rings. The molecule has 1 aliphatic carbocycles. The number of hydrogen-bond donors (Lipinski definition) is 1. The summed E-state index contributed by atoms with van der Waals surface area (Å²) in [7, 11) is 3.36. The van der Waals surface area contributed by atoms with Gasteiger partial charge >= 0.3 is 0 Å². The highest BCUT2D eigenvalue weighted by molar-refractivity contribution is 5.80. The van der Waals surface area contributed by atoms with Crippen LogP contribution in [0.5, 0.6) is 5.75 Å². The molecule has 2 amide bonds. The van der Waals surface area contributed by atoms with E-state index in [4.69, 9.17) is 4.74 Å². The summed E-state index contributed by atoms with van der Waals surface area (Å²) in [5, 5.41) is 7.61. The fraction of sp³-hybridized carbons (Fsp3) is 0.560. The highest BCUT2D eigenvalue weighted by Crippen LogP contribution is 2.34. The van der Waals surface area contributed by atoms with E-state index in [1.165, 1.54) is 13.2 Å². The fourth-order valence-electron chi connectivity index (χ4n) is 4.90. The number of benzene rings is 1. The normalized spacial score (nSPS) is 20.1. The predicted octanol–water partition coefficient (Wildman–Crippen LogP) is 3.35. The molecule has 0 radical (unpaired) electrons.